The van der Waals surface area contributed by atoms with E-state index in [1.54, 1.807) is 7.11 Å². The van der Waals surface area contributed by atoms with Crippen LogP contribution in [0.2, 0.25) is 26.2 Å². The fraction of sp³-hybridized carbons (Fsp3) is 0.238. The molecule has 2 aromatic rings. The molecular weight excluding hydrogens is 324 g/mol. The monoisotopic (exact) mass is 352 g/mol. The van der Waals surface area contributed by atoms with Crippen molar-refractivity contribution in [1.29, 1.82) is 0 Å². The lowest BCUT2D eigenvalue weighted by Gasteiger charge is -2.19. The summed E-state index contributed by atoms with van der Waals surface area (Å²) in [6.45, 7) is 9.52. The van der Waals surface area contributed by atoms with Crippen LogP contribution < -0.4 is 15.1 Å². The minimum absolute atomic E-state index is 0.919. The van der Waals surface area contributed by atoms with Crippen LogP contribution in [0.5, 0.6) is 5.75 Å². The highest BCUT2D eigenvalue weighted by Gasteiger charge is 2.20. The molecule has 3 heteroatoms. The SMILES string of the molecule is COc1ccc([Si](C)(C)/C=C/C=C\[Si](C)(C)c2ccccc2)cc1. The van der Waals surface area contributed by atoms with E-state index in [2.05, 4.69) is 104 Å². The fourth-order valence-corrected chi connectivity index (χ4v) is 6.32. The summed E-state index contributed by atoms with van der Waals surface area (Å²) in [6.07, 6.45) is 4.49. The van der Waals surface area contributed by atoms with Crippen LogP contribution in [0.15, 0.2) is 78.1 Å². The molecular formula is C21H28OSi2. The number of benzene rings is 2. The van der Waals surface area contributed by atoms with E-state index in [4.69, 9.17) is 4.74 Å². The second-order valence-electron chi connectivity index (χ2n) is 7.26. The van der Waals surface area contributed by atoms with Crippen molar-refractivity contribution in [2.24, 2.45) is 0 Å². The van der Waals surface area contributed by atoms with Crippen LogP contribution in [0.4, 0.5) is 0 Å². The first-order valence-electron chi connectivity index (χ1n) is 8.42. The van der Waals surface area contributed by atoms with Gasteiger partial charge in [0.15, 0.2) is 0 Å². The van der Waals surface area contributed by atoms with Gasteiger partial charge in [-0.25, -0.2) is 0 Å². The average Bonchev–Trinajstić information content (AvgIpc) is 2.59. The molecule has 2 rings (SSSR count). The van der Waals surface area contributed by atoms with Gasteiger partial charge in [0.1, 0.15) is 21.9 Å². The zero-order chi connectivity index (χ0) is 17.6. The summed E-state index contributed by atoms with van der Waals surface area (Å²) in [7, 11) is -1.35. The third-order valence-corrected chi connectivity index (χ3v) is 10.2. The Bertz CT molecular complexity index is 698. The number of methoxy groups -OCH3 is 1. The molecule has 126 valence electrons. The fourth-order valence-electron chi connectivity index (χ4n) is 2.67. The van der Waals surface area contributed by atoms with Gasteiger partial charge >= 0.3 is 0 Å². The van der Waals surface area contributed by atoms with Crippen molar-refractivity contribution in [3.8, 4) is 5.75 Å². The van der Waals surface area contributed by atoms with Crippen LogP contribution in [0.25, 0.3) is 0 Å². The van der Waals surface area contributed by atoms with E-state index in [1.807, 2.05) is 0 Å². The first-order chi connectivity index (χ1) is 11.3. The highest BCUT2D eigenvalue weighted by molar-refractivity contribution is 6.94. The molecule has 2 aromatic carbocycles. The third kappa shape index (κ3) is 4.82. The number of ether oxygens (including phenoxy) is 1. The molecule has 0 amide bonds. The molecule has 0 saturated heterocycles. The van der Waals surface area contributed by atoms with Gasteiger partial charge in [-0.3, -0.25) is 0 Å². The van der Waals surface area contributed by atoms with Crippen LogP contribution in [0, 0.1) is 0 Å². The summed E-state index contributed by atoms with van der Waals surface area (Å²) in [5.74, 6) is 0.919. The molecule has 0 atom stereocenters. The van der Waals surface area contributed by atoms with Crippen LogP contribution in [0.1, 0.15) is 0 Å². The van der Waals surface area contributed by atoms with Gasteiger partial charge < -0.3 is 4.74 Å². The van der Waals surface area contributed by atoms with Crippen molar-refractivity contribution in [1.82, 2.24) is 0 Å². The first-order valence-corrected chi connectivity index (χ1v) is 14.6. The molecule has 0 fully saturated rings. The molecule has 0 aliphatic carbocycles. The second-order valence-corrected chi connectivity index (χ2v) is 16.0. The largest absolute Gasteiger partial charge is 0.497 e. The highest BCUT2D eigenvalue weighted by atomic mass is 28.3. The number of hydrogen-bond donors (Lipinski definition) is 0. The average molecular weight is 353 g/mol. The van der Waals surface area contributed by atoms with Crippen molar-refractivity contribution in [2.45, 2.75) is 26.2 Å². The molecule has 0 saturated carbocycles. The Labute approximate surface area is 148 Å². The van der Waals surface area contributed by atoms with Gasteiger partial charge in [0.05, 0.1) is 7.11 Å². The number of rotatable bonds is 6. The van der Waals surface area contributed by atoms with Gasteiger partial charge in [0, 0.05) is 0 Å². The highest BCUT2D eigenvalue weighted by Crippen LogP contribution is 2.12. The van der Waals surface area contributed by atoms with E-state index in [-0.39, 0.29) is 0 Å². The summed E-state index contributed by atoms with van der Waals surface area (Å²) in [5, 5.41) is 2.90. The summed E-state index contributed by atoms with van der Waals surface area (Å²) in [4.78, 5) is 0. The molecule has 0 radical (unpaired) electrons. The van der Waals surface area contributed by atoms with E-state index in [1.165, 1.54) is 10.4 Å². The summed E-state index contributed by atoms with van der Waals surface area (Å²) >= 11 is 0. The zero-order valence-corrected chi connectivity index (χ0v) is 17.4. The Balaban J connectivity index is 2.08. The number of allylic oxidation sites excluding steroid dienone is 2. The van der Waals surface area contributed by atoms with Gasteiger partial charge in [-0.1, -0.05) is 103 Å². The Morgan fingerprint density at radius 3 is 1.58 bits per heavy atom. The van der Waals surface area contributed by atoms with Crippen molar-refractivity contribution >= 4 is 26.5 Å². The zero-order valence-electron chi connectivity index (χ0n) is 15.4. The topological polar surface area (TPSA) is 9.23 Å². The normalized spacial score (nSPS) is 12.9. The van der Waals surface area contributed by atoms with Gasteiger partial charge in [-0.2, -0.15) is 0 Å². The molecule has 0 aliphatic heterocycles. The molecule has 0 aromatic heterocycles. The van der Waals surface area contributed by atoms with E-state index < -0.39 is 16.1 Å². The quantitative estimate of drug-likeness (QED) is 0.552. The molecule has 1 nitrogen and oxygen atoms in total. The van der Waals surface area contributed by atoms with E-state index in [0.717, 1.165) is 5.75 Å². The molecule has 24 heavy (non-hydrogen) atoms. The lowest BCUT2D eigenvalue weighted by atomic mass is 10.3. The molecule has 0 spiro atoms. The van der Waals surface area contributed by atoms with Crippen LogP contribution in [-0.2, 0) is 0 Å². The second kappa shape index (κ2) is 7.82. The molecule has 0 aliphatic rings. The summed E-state index contributed by atoms with van der Waals surface area (Å²) in [5.41, 5.74) is 4.82. The van der Waals surface area contributed by atoms with Gasteiger partial charge in [-0.05, 0) is 12.1 Å². The van der Waals surface area contributed by atoms with Crippen LogP contribution >= 0.6 is 0 Å². The van der Waals surface area contributed by atoms with Crippen molar-refractivity contribution in [3.63, 3.8) is 0 Å². The predicted octanol–water partition coefficient (Wildman–Crippen LogP) is 4.42. The van der Waals surface area contributed by atoms with Crippen molar-refractivity contribution in [3.05, 3.63) is 78.1 Å². The van der Waals surface area contributed by atoms with Crippen molar-refractivity contribution in [2.75, 3.05) is 7.11 Å². The standard InChI is InChI=1S/C21H28OSi2/c1-22-19-13-15-21(16-14-19)24(4,5)18-10-9-17-23(2,3)20-11-7-6-8-12-20/h6-18H,1-5H3/b17-9-,18-10+. The Hall–Kier alpha value is -1.85. The molecule has 0 bridgehead atoms. The maximum absolute atomic E-state index is 5.25. The van der Waals surface area contributed by atoms with Gasteiger partial charge in [-0.15, -0.1) is 0 Å². The summed E-state index contributed by atoms with van der Waals surface area (Å²) < 4.78 is 5.25. The Morgan fingerprint density at radius 1 is 0.667 bits per heavy atom. The number of hydrogen-bond acceptors (Lipinski definition) is 1. The molecule has 0 unspecified atom stereocenters. The smallest absolute Gasteiger partial charge is 0.118 e. The Kier molecular flexibility index (Phi) is 6.02. The van der Waals surface area contributed by atoms with E-state index >= 15 is 0 Å². The van der Waals surface area contributed by atoms with Gasteiger partial charge in [0.25, 0.3) is 0 Å². The lowest BCUT2D eigenvalue weighted by molar-refractivity contribution is 0.415. The third-order valence-electron chi connectivity index (χ3n) is 4.49. The van der Waals surface area contributed by atoms with Crippen molar-refractivity contribution < 1.29 is 4.74 Å². The predicted molar refractivity (Wildman–Crippen MR) is 112 cm³/mol. The Morgan fingerprint density at radius 2 is 1.12 bits per heavy atom. The first kappa shape index (κ1) is 18.5. The maximum atomic E-state index is 5.25. The minimum atomic E-state index is -1.56. The van der Waals surface area contributed by atoms with Gasteiger partial charge in [0.2, 0.25) is 0 Å². The lowest BCUT2D eigenvalue weighted by Crippen LogP contribution is -2.39. The van der Waals surface area contributed by atoms with Crippen LogP contribution in [0.3, 0.4) is 0 Å². The van der Waals surface area contributed by atoms with E-state index in [9.17, 15) is 0 Å². The maximum Gasteiger partial charge on any atom is 0.118 e. The van der Waals surface area contributed by atoms with Crippen LogP contribution in [-0.4, -0.2) is 23.3 Å². The summed E-state index contributed by atoms with van der Waals surface area (Å²) in [6, 6.07) is 19.3. The molecule has 0 N–H and O–H groups in total. The molecule has 0 heterocycles. The van der Waals surface area contributed by atoms with E-state index in [0.29, 0.717) is 0 Å². The minimum Gasteiger partial charge on any atom is -0.497 e.